The van der Waals surface area contributed by atoms with Crippen molar-refractivity contribution in [2.24, 2.45) is 0 Å². The minimum atomic E-state index is -0.616. The molecule has 12 rings (SSSR count). The van der Waals surface area contributed by atoms with Gasteiger partial charge in [0.2, 0.25) is 0 Å². The van der Waals surface area contributed by atoms with Crippen LogP contribution in [0.25, 0.3) is 11.4 Å². The number of nitrogens with zero attached hydrogens (tertiary/aromatic N) is 7. The van der Waals surface area contributed by atoms with Gasteiger partial charge < -0.3 is 9.80 Å². The second-order valence-corrected chi connectivity index (χ2v) is 19.2. The molecule has 2 saturated carbocycles. The number of nitrogens with one attached hydrogen (secondary N) is 1. The summed E-state index contributed by atoms with van der Waals surface area (Å²) in [5, 5.41) is 3.23. The van der Waals surface area contributed by atoms with E-state index in [0.717, 1.165) is 41.5 Å². The number of halogens is 5. The number of H-pyrrole nitrogens is 1. The molecule has 384 valence electrons. The lowest BCUT2D eigenvalue weighted by Gasteiger charge is -2.27. The van der Waals surface area contributed by atoms with Crippen LogP contribution in [0.2, 0.25) is 0 Å². The van der Waals surface area contributed by atoms with Crippen LogP contribution in [0.1, 0.15) is 99.2 Å². The number of carbonyl (C=O) groups is 6. The van der Waals surface area contributed by atoms with Crippen LogP contribution in [-0.2, 0) is 19.4 Å². The topological polar surface area (TPSA) is 180 Å². The molecule has 0 spiro atoms. The van der Waals surface area contributed by atoms with Crippen molar-refractivity contribution in [1.29, 1.82) is 0 Å². The van der Waals surface area contributed by atoms with Crippen LogP contribution in [0.4, 0.5) is 17.6 Å². The average molecular weight is 1090 g/mol. The molecule has 6 aliphatic rings. The Kier molecular flexibility index (Phi) is 13.8. The number of carbonyl (C=O) groups excluding carboxylic acids is 6. The molecule has 0 bridgehead atoms. The summed E-state index contributed by atoms with van der Waals surface area (Å²) in [6.07, 6.45) is 5.52. The first-order chi connectivity index (χ1) is 36.2. The van der Waals surface area contributed by atoms with Crippen molar-refractivity contribution in [3.8, 4) is 11.4 Å². The smallest absolute Gasteiger partial charge is 0.284 e. The van der Waals surface area contributed by atoms with Crippen molar-refractivity contribution in [1.82, 2.24) is 38.7 Å². The van der Waals surface area contributed by atoms with Gasteiger partial charge in [0.05, 0.1) is 77.3 Å². The number of hydrogen-bond acceptors (Lipinski definition) is 8. The number of amides is 6. The highest BCUT2D eigenvalue weighted by molar-refractivity contribution is 9.09. The van der Waals surface area contributed by atoms with Gasteiger partial charge in [0.1, 0.15) is 22.8 Å². The Morgan fingerprint density at radius 3 is 1.49 bits per heavy atom. The quantitative estimate of drug-likeness (QED) is 0.0812. The molecule has 75 heavy (non-hydrogen) atoms. The van der Waals surface area contributed by atoms with Gasteiger partial charge in [-0.15, -0.1) is 0 Å². The van der Waals surface area contributed by atoms with E-state index in [0.29, 0.717) is 78.4 Å². The summed E-state index contributed by atoms with van der Waals surface area (Å²) in [5.41, 5.74) is 2.45. The molecule has 2 aliphatic carbocycles. The molecule has 0 saturated heterocycles. The molecule has 4 aromatic carbocycles. The van der Waals surface area contributed by atoms with Gasteiger partial charge >= 0.3 is 0 Å². The third-order valence-corrected chi connectivity index (χ3v) is 14.5. The standard InChI is InChI=1S/C27H22F2N4O4.C15H14FN3O2.C12H9BrFNO2/c28-13-16(14-31-24(34)20-6-1-2-7-21(20)25(31)35)15-32-22-10-11-30(18-8-9-18)26(36)23(22)27(37)33(32)19-5-3-4-17(29)12-19;16-9-2-1-3-11(8-9)19-15(21)13-12(17-19)6-7-18(14(13)20)10-4-5-10;13-5-8(6-14)7-15-11(16)9-3-1-2-4-10(9)12(15)17/h1-7,12-13,18H,8-11,14-15H2;1-3,8,10,17H,4-7H2;1-4,6H,5,7H2/b16-13+;;8-6-. The SMILES string of the molecule is O=C1c2c([nH]n(-c3cccc(F)c3)c2=O)CCN1C1CC1.O=C1c2ccccc2C(=O)N1C/C(=C\F)CBr.O=C1c2ccccc2C(=O)N1C/C(=C\F)Cn1c2c(c(=O)n1-c1cccc(F)c1)C(=O)N(C1CC1)CC2. The zero-order valence-corrected chi connectivity index (χ0v) is 41.4. The van der Waals surface area contributed by atoms with Crippen LogP contribution in [0, 0.1) is 11.6 Å². The number of aromatic amines is 1. The van der Waals surface area contributed by atoms with Crippen LogP contribution < -0.4 is 11.1 Å². The zero-order valence-electron chi connectivity index (χ0n) is 39.8. The first-order valence-corrected chi connectivity index (χ1v) is 25.2. The second-order valence-electron chi connectivity index (χ2n) is 18.7. The molecule has 0 atom stereocenters. The first kappa shape index (κ1) is 50.3. The molecule has 6 aromatic rings. The summed E-state index contributed by atoms with van der Waals surface area (Å²) in [5.74, 6) is -3.39. The molecule has 1 N–H and O–H groups in total. The van der Waals surface area contributed by atoms with Crippen molar-refractivity contribution in [2.45, 2.75) is 57.2 Å². The fourth-order valence-electron chi connectivity index (χ4n) is 9.78. The van der Waals surface area contributed by atoms with E-state index in [1.807, 2.05) is 0 Å². The summed E-state index contributed by atoms with van der Waals surface area (Å²) in [7, 11) is 0. The minimum Gasteiger partial charge on any atom is -0.335 e. The lowest BCUT2D eigenvalue weighted by molar-refractivity contribution is 0.0651. The minimum absolute atomic E-state index is 0.0126. The van der Waals surface area contributed by atoms with Crippen molar-refractivity contribution >= 4 is 51.4 Å². The Morgan fingerprint density at radius 2 is 1.01 bits per heavy atom. The molecule has 0 radical (unpaired) electrons. The second kappa shape index (κ2) is 20.6. The van der Waals surface area contributed by atoms with Crippen LogP contribution in [0.5, 0.6) is 0 Å². The van der Waals surface area contributed by atoms with Crippen molar-refractivity contribution in [3.63, 3.8) is 0 Å². The summed E-state index contributed by atoms with van der Waals surface area (Å²) in [4.78, 5) is 107. The van der Waals surface area contributed by atoms with E-state index in [9.17, 15) is 55.9 Å². The van der Waals surface area contributed by atoms with E-state index in [4.69, 9.17) is 0 Å². The fourth-order valence-corrected chi connectivity index (χ4v) is 10.1. The van der Waals surface area contributed by atoms with Gasteiger partial charge in [-0.3, -0.25) is 57.9 Å². The van der Waals surface area contributed by atoms with Gasteiger partial charge in [0.25, 0.3) is 46.6 Å². The maximum absolute atomic E-state index is 14.2. The number of fused-ring (bicyclic) bond motifs is 4. The molecule has 16 nitrogen and oxygen atoms in total. The number of rotatable bonds is 11. The molecule has 0 unspecified atom stereocenters. The van der Waals surface area contributed by atoms with Gasteiger partial charge in [-0.1, -0.05) is 52.3 Å². The molecule has 6 heterocycles. The van der Waals surface area contributed by atoms with E-state index in [-0.39, 0.29) is 88.1 Å². The van der Waals surface area contributed by atoms with Gasteiger partial charge in [-0.05, 0) is 97.5 Å². The van der Waals surface area contributed by atoms with Gasteiger partial charge in [-0.2, -0.15) is 0 Å². The van der Waals surface area contributed by atoms with Crippen molar-refractivity contribution in [2.75, 3.05) is 31.5 Å². The Morgan fingerprint density at radius 1 is 0.547 bits per heavy atom. The summed E-state index contributed by atoms with van der Waals surface area (Å²) >= 11 is 3.10. The van der Waals surface area contributed by atoms with Crippen LogP contribution in [0.15, 0.2) is 130 Å². The molecule has 6 amide bonds. The number of alkyl halides is 1. The highest BCUT2D eigenvalue weighted by Gasteiger charge is 2.42. The maximum Gasteiger partial charge on any atom is 0.284 e. The Hall–Kier alpha value is -8.20. The third-order valence-electron chi connectivity index (χ3n) is 13.8. The Labute approximate surface area is 432 Å². The van der Waals surface area contributed by atoms with Crippen LogP contribution in [-0.4, -0.2) is 118 Å². The maximum atomic E-state index is 14.2. The van der Waals surface area contributed by atoms with E-state index < -0.39 is 34.6 Å². The predicted molar refractivity (Wildman–Crippen MR) is 268 cm³/mol. The predicted octanol–water partition coefficient (Wildman–Crippen LogP) is 7.08. The molecule has 2 fully saturated rings. The monoisotopic (exact) mass is 1090 g/mol. The van der Waals surface area contributed by atoms with Gasteiger partial charge in [0.15, 0.2) is 0 Å². The number of aromatic nitrogens is 4. The van der Waals surface area contributed by atoms with Gasteiger partial charge in [-0.25, -0.2) is 26.9 Å². The van der Waals surface area contributed by atoms with E-state index in [1.54, 1.807) is 52.3 Å². The number of imide groups is 2. The average Bonchev–Trinajstić information content (AvgIpc) is 4.35. The van der Waals surface area contributed by atoms with Gasteiger partial charge in [0, 0.05) is 43.3 Å². The molecule has 4 aliphatic heterocycles. The third kappa shape index (κ3) is 9.51. The first-order valence-electron chi connectivity index (χ1n) is 24.1. The zero-order chi connectivity index (χ0) is 52.8. The lowest BCUT2D eigenvalue weighted by Crippen LogP contribution is -2.41. The number of hydrogen-bond donors (Lipinski definition) is 1. The normalized spacial score (nSPS) is 17.1. The summed E-state index contributed by atoms with van der Waals surface area (Å²) in [6, 6.07) is 24.5. The van der Waals surface area contributed by atoms with E-state index in [1.165, 1.54) is 62.6 Å². The van der Waals surface area contributed by atoms with Crippen molar-refractivity contribution < 1.29 is 46.3 Å². The molecule has 21 heteroatoms. The fraction of sp³-hybridized carbons (Fsp3) is 0.259. The molecular formula is C54H45BrF4N8O8. The van der Waals surface area contributed by atoms with E-state index in [2.05, 4.69) is 21.0 Å². The largest absolute Gasteiger partial charge is 0.335 e. The molecule has 2 aromatic heterocycles. The summed E-state index contributed by atoms with van der Waals surface area (Å²) in [6.45, 7) is 0.473. The molecular weight excluding hydrogens is 1040 g/mol. The van der Waals surface area contributed by atoms with E-state index >= 15 is 0 Å². The van der Waals surface area contributed by atoms with Crippen LogP contribution >= 0.6 is 15.9 Å². The highest BCUT2D eigenvalue weighted by atomic mass is 79.9. The number of benzene rings is 4. The highest BCUT2D eigenvalue weighted by Crippen LogP contribution is 2.33. The summed E-state index contributed by atoms with van der Waals surface area (Å²) < 4.78 is 58.0. The lowest BCUT2D eigenvalue weighted by atomic mass is 10.1. The Bertz CT molecular complexity index is 3480. The Balaban J connectivity index is 0.000000142. The van der Waals surface area contributed by atoms with Crippen LogP contribution in [0.3, 0.4) is 0 Å². The van der Waals surface area contributed by atoms with Crippen molar-refractivity contribution in [3.05, 3.63) is 198 Å².